The molecule has 3 heterocycles. The first-order chi connectivity index (χ1) is 17.3. The maximum atomic E-state index is 6.47. The normalized spacial score (nSPS) is 13.6. The maximum Gasteiger partial charge on any atom is 0.207 e. The highest BCUT2D eigenvalue weighted by Gasteiger charge is 2.25. The van der Waals surface area contributed by atoms with Gasteiger partial charge in [-0.1, -0.05) is 85.5 Å². The largest absolute Gasteiger partial charge is 0.474 e. The molecule has 0 saturated heterocycles. The third kappa shape index (κ3) is 2.76. The standard InChI is InChI=1S/C32H23NOS/c1-3-11-23-21(4-2)28-29(25-15-8-7-14-24(23)25)33(30-26-16-9-10-17-27(26)35-31(28)30)32-22-13-6-5-12-20(22)18-19-34-32/h3-18H,2,19H2,1H3/b11-3-. The molecule has 3 heteroatoms. The van der Waals surface area contributed by atoms with Crippen molar-refractivity contribution in [2.45, 2.75) is 6.92 Å². The van der Waals surface area contributed by atoms with E-state index in [2.05, 4.69) is 109 Å². The molecule has 0 radical (unpaired) electrons. The third-order valence-corrected chi connectivity index (χ3v) is 8.14. The van der Waals surface area contributed by atoms with Gasteiger partial charge in [-0.3, -0.25) is 4.57 Å². The van der Waals surface area contributed by atoms with Gasteiger partial charge in [0.25, 0.3) is 0 Å². The number of fused-ring (bicyclic) bond motifs is 8. The fourth-order valence-electron chi connectivity index (χ4n) is 5.57. The van der Waals surface area contributed by atoms with Crippen molar-refractivity contribution in [2.24, 2.45) is 0 Å². The number of ether oxygens (including phenoxy) is 1. The predicted octanol–water partition coefficient (Wildman–Crippen LogP) is 7.26. The van der Waals surface area contributed by atoms with Gasteiger partial charge in [0.1, 0.15) is 6.61 Å². The molecule has 35 heavy (non-hydrogen) atoms. The summed E-state index contributed by atoms with van der Waals surface area (Å²) in [4.78, 5) is 0. The van der Waals surface area contributed by atoms with E-state index in [-0.39, 0.29) is 0 Å². The van der Waals surface area contributed by atoms with Gasteiger partial charge < -0.3 is 4.74 Å². The molecule has 0 unspecified atom stereocenters. The summed E-state index contributed by atoms with van der Waals surface area (Å²) in [5.41, 5.74) is 4.77. The van der Waals surface area contributed by atoms with Crippen LogP contribution in [0.2, 0.25) is 0 Å². The summed E-state index contributed by atoms with van der Waals surface area (Å²) in [5.74, 6) is 0.894. The molecular formula is C32H23NOS. The Labute approximate surface area is 207 Å². The van der Waals surface area contributed by atoms with E-state index in [9.17, 15) is 0 Å². The summed E-state index contributed by atoms with van der Waals surface area (Å²) in [6.45, 7) is 6.90. The van der Waals surface area contributed by atoms with Crippen LogP contribution in [0.15, 0.2) is 85.5 Å². The lowest BCUT2D eigenvalue weighted by atomic mass is 9.94. The molecule has 6 aromatic rings. The molecule has 2 aromatic heterocycles. The van der Waals surface area contributed by atoms with Crippen molar-refractivity contribution in [1.82, 2.24) is 4.57 Å². The van der Waals surface area contributed by atoms with Crippen LogP contribution < -0.4 is 10.4 Å². The second kappa shape index (κ2) is 7.72. The smallest absolute Gasteiger partial charge is 0.207 e. The molecule has 0 saturated carbocycles. The van der Waals surface area contributed by atoms with Crippen molar-refractivity contribution in [1.29, 1.82) is 0 Å². The monoisotopic (exact) mass is 469 g/mol. The van der Waals surface area contributed by atoms with Crippen LogP contribution in [0.4, 0.5) is 0 Å². The van der Waals surface area contributed by atoms with E-state index in [1.54, 1.807) is 0 Å². The summed E-state index contributed by atoms with van der Waals surface area (Å²) in [6, 6.07) is 25.9. The minimum atomic E-state index is 0.554. The molecule has 2 nitrogen and oxygen atoms in total. The van der Waals surface area contributed by atoms with E-state index in [4.69, 9.17) is 4.74 Å². The van der Waals surface area contributed by atoms with Gasteiger partial charge in [-0.15, -0.1) is 11.3 Å². The molecule has 0 atom stereocenters. The van der Waals surface area contributed by atoms with Crippen LogP contribution >= 0.6 is 11.3 Å². The van der Waals surface area contributed by atoms with Gasteiger partial charge in [-0.2, -0.15) is 0 Å². The van der Waals surface area contributed by atoms with Crippen molar-refractivity contribution < 1.29 is 4.74 Å². The minimum absolute atomic E-state index is 0.554. The van der Waals surface area contributed by atoms with Crippen LogP contribution in [0, 0.1) is 0 Å². The highest BCUT2D eigenvalue weighted by atomic mass is 32.1. The SMILES string of the molecule is C=Cc1c(/C=C\C)c2ccccc2c2c1c1sc3ccccc3c1n2C1=c2ccccc2=CCO1. The van der Waals surface area contributed by atoms with Crippen molar-refractivity contribution in [3.05, 3.63) is 107 Å². The second-order valence-electron chi connectivity index (χ2n) is 8.82. The summed E-state index contributed by atoms with van der Waals surface area (Å²) in [7, 11) is 0. The Kier molecular flexibility index (Phi) is 4.48. The first-order valence-electron chi connectivity index (χ1n) is 11.9. The van der Waals surface area contributed by atoms with Gasteiger partial charge in [0.15, 0.2) is 0 Å². The van der Waals surface area contributed by atoms with Crippen molar-refractivity contribution in [3.63, 3.8) is 0 Å². The Bertz CT molecular complexity index is 1980. The molecule has 1 aliphatic heterocycles. The number of nitrogens with zero attached hydrogens (tertiary/aromatic N) is 1. The number of benzene rings is 4. The van der Waals surface area contributed by atoms with Crippen LogP contribution in [0.3, 0.4) is 0 Å². The topological polar surface area (TPSA) is 14.2 Å². The summed E-state index contributed by atoms with van der Waals surface area (Å²) < 4.78 is 11.4. The zero-order valence-corrected chi connectivity index (χ0v) is 20.2. The van der Waals surface area contributed by atoms with Crippen LogP contribution in [0.25, 0.3) is 66.1 Å². The number of hydrogen-bond acceptors (Lipinski definition) is 2. The van der Waals surface area contributed by atoms with Gasteiger partial charge >= 0.3 is 0 Å². The first-order valence-corrected chi connectivity index (χ1v) is 12.7. The molecule has 0 aliphatic carbocycles. The molecule has 0 amide bonds. The zero-order chi connectivity index (χ0) is 23.5. The third-order valence-electron chi connectivity index (χ3n) is 6.97. The fraction of sp³-hybridized carbons (Fsp3) is 0.0625. The number of hydrogen-bond donors (Lipinski definition) is 0. The van der Waals surface area contributed by atoms with Crippen molar-refractivity contribution in [2.75, 3.05) is 6.61 Å². The summed E-state index contributed by atoms with van der Waals surface area (Å²) in [6.07, 6.45) is 8.51. The van der Waals surface area contributed by atoms with Crippen LogP contribution in [0.5, 0.6) is 0 Å². The number of aromatic nitrogens is 1. The lowest BCUT2D eigenvalue weighted by Gasteiger charge is -2.18. The molecule has 0 bridgehead atoms. The molecule has 168 valence electrons. The number of thiophene rings is 1. The van der Waals surface area contributed by atoms with E-state index in [1.165, 1.54) is 58.3 Å². The fourth-order valence-corrected chi connectivity index (χ4v) is 6.82. The highest BCUT2D eigenvalue weighted by molar-refractivity contribution is 7.26. The van der Waals surface area contributed by atoms with Gasteiger partial charge in [0.05, 0.1) is 15.7 Å². The highest BCUT2D eigenvalue weighted by Crippen LogP contribution is 2.47. The Balaban J connectivity index is 1.86. The molecule has 0 spiro atoms. The van der Waals surface area contributed by atoms with Crippen molar-refractivity contribution in [3.8, 4) is 0 Å². The lowest BCUT2D eigenvalue weighted by molar-refractivity contribution is 0.304. The molecule has 0 fully saturated rings. The Morgan fingerprint density at radius 2 is 1.60 bits per heavy atom. The van der Waals surface area contributed by atoms with Gasteiger partial charge in [-0.25, -0.2) is 0 Å². The van der Waals surface area contributed by atoms with Gasteiger partial charge in [0.2, 0.25) is 5.88 Å². The summed E-state index contributed by atoms with van der Waals surface area (Å²) in [5, 5.41) is 7.26. The molecule has 4 aromatic carbocycles. The summed E-state index contributed by atoms with van der Waals surface area (Å²) >= 11 is 1.85. The first kappa shape index (κ1) is 20.3. The molecule has 0 N–H and O–H groups in total. The van der Waals surface area contributed by atoms with E-state index < -0.39 is 0 Å². The van der Waals surface area contributed by atoms with Gasteiger partial charge in [-0.05, 0) is 46.9 Å². The van der Waals surface area contributed by atoms with E-state index in [0.717, 1.165) is 11.1 Å². The van der Waals surface area contributed by atoms with Crippen LogP contribution in [-0.2, 0) is 4.74 Å². The Morgan fingerprint density at radius 3 is 2.43 bits per heavy atom. The molecule has 7 rings (SSSR count). The molecule has 1 aliphatic rings. The average Bonchev–Trinajstić information content (AvgIpc) is 3.44. The van der Waals surface area contributed by atoms with Crippen LogP contribution in [0.1, 0.15) is 18.1 Å². The zero-order valence-electron chi connectivity index (χ0n) is 19.4. The van der Waals surface area contributed by atoms with Gasteiger partial charge in [0, 0.05) is 26.1 Å². The van der Waals surface area contributed by atoms with E-state index in [0.29, 0.717) is 6.61 Å². The molecular weight excluding hydrogens is 446 g/mol. The lowest BCUT2D eigenvalue weighted by Crippen LogP contribution is -2.33. The quantitative estimate of drug-likeness (QED) is 0.266. The predicted molar refractivity (Wildman–Crippen MR) is 152 cm³/mol. The average molecular weight is 470 g/mol. The maximum absolute atomic E-state index is 6.47. The van der Waals surface area contributed by atoms with Crippen LogP contribution in [-0.4, -0.2) is 11.2 Å². The number of rotatable bonds is 3. The van der Waals surface area contributed by atoms with E-state index >= 15 is 0 Å². The Morgan fingerprint density at radius 1 is 0.857 bits per heavy atom. The van der Waals surface area contributed by atoms with Crippen molar-refractivity contribution >= 4 is 77.4 Å². The second-order valence-corrected chi connectivity index (χ2v) is 9.87. The Hall–Kier alpha value is -4.08. The minimum Gasteiger partial charge on any atom is -0.474 e. The number of allylic oxidation sites excluding steroid dienone is 1. The van der Waals surface area contributed by atoms with E-state index in [1.807, 2.05) is 17.4 Å².